The molecule has 4 rings (SSSR count). The molecule has 0 aliphatic rings. The number of phenolic OH excluding ortho intramolecular Hbond substituents is 1. The number of aryl methyl sites for hydroxylation is 1. The van der Waals surface area contributed by atoms with Crippen LogP contribution in [-0.2, 0) is 0 Å². The smallest absolute Gasteiger partial charge is 0.217 e. The van der Waals surface area contributed by atoms with E-state index in [1.807, 2.05) is 24.3 Å². The molecule has 2 heterocycles. The summed E-state index contributed by atoms with van der Waals surface area (Å²) in [5.74, 6) is 0.725. The van der Waals surface area contributed by atoms with Gasteiger partial charge in [-0.05, 0) is 31.2 Å². The molecule has 6 nitrogen and oxygen atoms in total. The zero-order valence-corrected chi connectivity index (χ0v) is 12.9. The number of phenols is 1. The molecule has 0 radical (unpaired) electrons. The quantitative estimate of drug-likeness (QED) is 0.557. The minimum absolute atomic E-state index is 0.126. The van der Waals surface area contributed by atoms with Crippen molar-refractivity contribution in [2.24, 2.45) is 5.10 Å². The fourth-order valence-corrected chi connectivity index (χ4v) is 2.70. The number of fused-ring (bicyclic) bond motifs is 2. The van der Waals surface area contributed by atoms with Gasteiger partial charge in [0.15, 0.2) is 11.2 Å². The zero-order chi connectivity index (χ0) is 16.7. The van der Waals surface area contributed by atoms with Crippen LogP contribution in [0.3, 0.4) is 0 Å². The average Bonchev–Trinajstić information content (AvgIpc) is 2.90. The van der Waals surface area contributed by atoms with Gasteiger partial charge in [0.1, 0.15) is 11.6 Å². The van der Waals surface area contributed by atoms with E-state index in [1.165, 1.54) is 6.21 Å². The van der Waals surface area contributed by atoms with Crippen LogP contribution in [0.25, 0.3) is 22.1 Å². The first-order valence-corrected chi connectivity index (χ1v) is 7.47. The summed E-state index contributed by atoms with van der Waals surface area (Å²) in [5.41, 5.74) is 2.07. The molecular weight excluding hydrogens is 304 g/mol. The molecule has 2 aromatic carbocycles. The maximum absolute atomic E-state index is 12.6. The number of benzene rings is 2. The van der Waals surface area contributed by atoms with Crippen molar-refractivity contribution < 1.29 is 5.11 Å². The van der Waals surface area contributed by atoms with E-state index >= 15 is 0 Å². The van der Waals surface area contributed by atoms with Gasteiger partial charge >= 0.3 is 0 Å². The second-order valence-electron chi connectivity index (χ2n) is 5.47. The van der Waals surface area contributed by atoms with Crippen LogP contribution < -0.4 is 5.43 Å². The number of hydrogen-bond acceptors (Lipinski definition) is 4. The van der Waals surface area contributed by atoms with Crippen molar-refractivity contribution in [1.29, 1.82) is 0 Å². The van der Waals surface area contributed by atoms with E-state index in [2.05, 4.69) is 15.1 Å². The number of aromatic amines is 1. The van der Waals surface area contributed by atoms with E-state index in [-0.39, 0.29) is 11.2 Å². The number of aromatic nitrogens is 3. The Labute approximate surface area is 136 Å². The van der Waals surface area contributed by atoms with Gasteiger partial charge < -0.3 is 10.1 Å². The molecule has 118 valence electrons. The van der Waals surface area contributed by atoms with Crippen LogP contribution in [0.1, 0.15) is 11.4 Å². The Morgan fingerprint density at radius 1 is 1.17 bits per heavy atom. The Kier molecular flexibility index (Phi) is 3.16. The van der Waals surface area contributed by atoms with Crippen molar-refractivity contribution >= 4 is 28.3 Å². The van der Waals surface area contributed by atoms with E-state index in [0.29, 0.717) is 27.9 Å². The summed E-state index contributed by atoms with van der Waals surface area (Å²) in [5, 5.41) is 14.8. The van der Waals surface area contributed by atoms with Gasteiger partial charge in [0.25, 0.3) is 0 Å². The number of para-hydroxylation sites is 2. The summed E-state index contributed by atoms with van der Waals surface area (Å²) in [6, 6.07) is 14.2. The highest BCUT2D eigenvalue weighted by molar-refractivity contribution is 5.90. The largest absolute Gasteiger partial charge is 0.507 e. The Balaban J connectivity index is 1.94. The zero-order valence-electron chi connectivity index (χ0n) is 12.9. The molecule has 24 heavy (non-hydrogen) atoms. The second-order valence-corrected chi connectivity index (χ2v) is 5.47. The minimum atomic E-state index is -0.126. The molecule has 0 aliphatic heterocycles. The van der Waals surface area contributed by atoms with E-state index in [9.17, 15) is 9.90 Å². The van der Waals surface area contributed by atoms with Crippen LogP contribution >= 0.6 is 0 Å². The van der Waals surface area contributed by atoms with Crippen molar-refractivity contribution in [2.75, 3.05) is 0 Å². The predicted octanol–water partition coefficient (Wildman–Crippen LogP) is 2.77. The van der Waals surface area contributed by atoms with Crippen molar-refractivity contribution in [3.63, 3.8) is 0 Å². The standard InChI is InChI=1S/C18H14N4O2/c1-11-20-16-17(24)13-7-3-4-8-14(13)21-18(16)22(11)19-10-12-6-2-5-9-15(12)23/h2-10,23H,1H3,(H,21,24). The molecule has 0 atom stereocenters. The van der Waals surface area contributed by atoms with Gasteiger partial charge in [0, 0.05) is 10.9 Å². The Morgan fingerprint density at radius 2 is 1.92 bits per heavy atom. The van der Waals surface area contributed by atoms with Gasteiger partial charge in [-0.2, -0.15) is 5.10 Å². The summed E-state index contributed by atoms with van der Waals surface area (Å²) in [7, 11) is 0. The lowest BCUT2D eigenvalue weighted by molar-refractivity contribution is 0.474. The summed E-state index contributed by atoms with van der Waals surface area (Å²) >= 11 is 0. The molecular formula is C18H14N4O2. The first-order valence-electron chi connectivity index (χ1n) is 7.47. The van der Waals surface area contributed by atoms with Crippen LogP contribution in [0.5, 0.6) is 5.75 Å². The summed E-state index contributed by atoms with van der Waals surface area (Å²) < 4.78 is 1.57. The number of aromatic hydroxyl groups is 1. The van der Waals surface area contributed by atoms with Crippen LogP contribution in [-0.4, -0.2) is 26.0 Å². The first-order chi connectivity index (χ1) is 11.6. The van der Waals surface area contributed by atoms with Crippen molar-refractivity contribution in [3.05, 3.63) is 70.1 Å². The minimum Gasteiger partial charge on any atom is -0.507 e. The lowest BCUT2D eigenvalue weighted by atomic mass is 10.2. The number of nitrogens with one attached hydrogen (secondary N) is 1. The molecule has 0 spiro atoms. The van der Waals surface area contributed by atoms with E-state index < -0.39 is 0 Å². The molecule has 0 unspecified atom stereocenters. The Morgan fingerprint density at radius 3 is 2.75 bits per heavy atom. The highest BCUT2D eigenvalue weighted by Gasteiger charge is 2.13. The summed E-state index contributed by atoms with van der Waals surface area (Å²) in [6.07, 6.45) is 1.54. The third-order valence-corrected chi connectivity index (χ3v) is 3.91. The lowest BCUT2D eigenvalue weighted by Gasteiger charge is -2.02. The van der Waals surface area contributed by atoms with Crippen LogP contribution in [0, 0.1) is 6.92 Å². The monoisotopic (exact) mass is 318 g/mol. The highest BCUT2D eigenvalue weighted by Crippen LogP contribution is 2.17. The Hall–Kier alpha value is -3.41. The van der Waals surface area contributed by atoms with Crippen molar-refractivity contribution in [1.82, 2.24) is 14.6 Å². The van der Waals surface area contributed by atoms with E-state index in [1.54, 1.807) is 35.9 Å². The number of H-pyrrole nitrogens is 1. The predicted molar refractivity (Wildman–Crippen MR) is 93.7 cm³/mol. The fraction of sp³-hybridized carbons (Fsp3) is 0.0556. The van der Waals surface area contributed by atoms with Crippen molar-refractivity contribution in [2.45, 2.75) is 6.92 Å². The second kappa shape index (κ2) is 5.34. The maximum Gasteiger partial charge on any atom is 0.217 e. The van der Waals surface area contributed by atoms with Crippen molar-refractivity contribution in [3.8, 4) is 5.75 Å². The topological polar surface area (TPSA) is 83.3 Å². The lowest BCUT2D eigenvalue weighted by Crippen LogP contribution is -2.04. The molecule has 0 aliphatic carbocycles. The molecule has 6 heteroatoms. The average molecular weight is 318 g/mol. The van der Waals surface area contributed by atoms with Crippen LogP contribution in [0.4, 0.5) is 0 Å². The van der Waals surface area contributed by atoms with Gasteiger partial charge in [-0.15, -0.1) is 0 Å². The van der Waals surface area contributed by atoms with E-state index in [4.69, 9.17) is 0 Å². The summed E-state index contributed by atoms with van der Waals surface area (Å²) in [4.78, 5) is 20.1. The third-order valence-electron chi connectivity index (χ3n) is 3.91. The number of imidazole rings is 1. The van der Waals surface area contributed by atoms with Gasteiger partial charge in [-0.1, -0.05) is 24.3 Å². The van der Waals surface area contributed by atoms with Gasteiger partial charge in [-0.3, -0.25) is 4.79 Å². The number of pyridine rings is 1. The molecule has 0 saturated heterocycles. The van der Waals surface area contributed by atoms with Gasteiger partial charge in [-0.25, -0.2) is 9.66 Å². The number of rotatable bonds is 2. The normalized spacial score (nSPS) is 11.7. The van der Waals surface area contributed by atoms with Gasteiger partial charge in [0.2, 0.25) is 5.43 Å². The molecule has 2 N–H and O–H groups in total. The fourth-order valence-electron chi connectivity index (χ4n) is 2.70. The molecule has 4 aromatic rings. The molecule has 0 saturated carbocycles. The summed E-state index contributed by atoms with van der Waals surface area (Å²) in [6.45, 7) is 1.78. The first kappa shape index (κ1) is 14.2. The SMILES string of the molecule is Cc1nc2c(=O)c3ccccc3[nH]c2n1N=Cc1ccccc1O. The molecule has 0 fully saturated rings. The van der Waals surface area contributed by atoms with Gasteiger partial charge in [0.05, 0.1) is 11.7 Å². The van der Waals surface area contributed by atoms with Crippen LogP contribution in [0.15, 0.2) is 58.4 Å². The highest BCUT2D eigenvalue weighted by atomic mass is 16.3. The molecule has 0 bridgehead atoms. The number of nitrogens with zero attached hydrogens (tertiary/aromatic N) is 3. The molecule has 0 amide bonds. The third kappa shape index (κ3) is 2.16. The molecule has 2 aromatic heterocycles. The van der Waals surface area contributed by atoms with E-state index in [0.717, 1.165) is 5.52 Å². The number of hydrogen-bond donors (Lipinski definition) is 2. The van der Waals surface area contributed by atoms with Crippen LogP contribution in [0.2, 0.25) is 0 Å². The Bertz CT molecular complexity index is 1150. The maximum atomic E-state index is 12.6.